The second kappa shape index (κ2) is 15.5. The summed E-state index contributed by atoms with van der Waals surface area (Å²) < 4.78 is 38.4. The van der Waals surface area contributed by atoms with Gasteiger partial charge in [-0.1, -0.05) is 107 Å². The SMILES string of the molecule is COc1ccc(OCOC[C@@H]2C[C@@]3(CCO[Si](c4ccccc4)(c4ccccc4)C(C)(C)C)C4=CCC[C@@H]([C@@H]4O[C@H]3OC)[C@@]2(O)C[Si](C)(C)C)cc1. The summed E-state index contributed by atoms with van der Waals surface area (Å²) in [5, 5.41) is 15.5. The monoisotopic (exact) mass is 744 g/mol. The molecule has 0 aromatic heterocycles. The van der Waals surface area contributed by atoms with Gasteiger partial charge in [0, 0.05) is 39.0 Å². The minimum absolute atomic E-state index is 0.0463. The average molecular weight is 745 g/mol. The van der Waals surface area contributed by atoms with E-state index < -0.39 is 33.7 Å². The van der Waals surface area contributed by atoms with Gasteiger partial charge in [-0.15, -0.1) is 0 Å². The first kappa shape index (κ1) is 38.9. The lowest BCUT2D eigenvalue weighted by atomic mass is 9.70. The van der Waals surface area contributed by atoms with Crippen molar-refractivity contribution in [3.8, 4) is 11.5 Å². The van der Waals surface area contributed by atoms with Crippen LogP contribution in [0.3, 0.4) is 0 Å². The summed E-state index contributed by atoms with van der Waals surface area (Å²) in [6.07, 6.45) is 4.93. The summed E-state index contributed by atoms with van der Waals surface area (Å²) in [5.41, 5.74) is -0.139. The van der Waals surface area contributed by atoms with E-state index >= 15 is 0 Å². The van der Waals surface area contributed by atoms with E-state index in [1.54, 1.807) is 14.2 Å². The Balaban J connectivity index is 1.33. The van der Waals surface area contributed by atoms with Gasteiger partial charge < -0.3 is 33.2 Å². The highest BCUT2D eigenvalue weighted by molar-refractivity contribution is 6.99. The lowest BCUT2D eigenvalue weighted by Crippen LogP contribution is -2.66. The fourth-order valence-electron chi connectivity index (χ4n) is 9.70. The summed E-state index contributed by atoms with van der Waals surface area (Å²) in [6, 6.07) is 29.9. The van der Waals surface area contributed by atoms with E-state index in [2.05, 4.69) is 107 Å². The van der Waals surface area contributed by atoms with E-state index in [4.69, 9.17) is 28.1 Å². The molecule has 2 fully saturated rings. The highest BCUT2D eigenvalue weighted by Crippen LogP contribution is 2.62. The number of allylic oxidation sites excluding steroid dienone is 1. The molecule has 0 radical (unpaired) electrons. The molecule has 52 heavy (non-hydrogen) atoms. The molecule has 6 atom stereocenters. The van der Waals surface area contributed by atoms with E-state index in [1.165, 1.54) is 15.9 Å². The molecule has 4 bridgehead atoms. The molecule has 0 amide bonds. The quantitative estimate of drug-likeness (QED) is 0.0737. The van der Waals surface area contributed by atoms with E-state index in [-0.39, 0.29) is 29.8 Å². The highest BCUT2D eigenvalue weighted by atomic mass is 28.4. The molecule has 7 nitrogen and oxygen atoms in total. The van der Waals surface area contributed by atoms with Crippen molar-refractivity contribution in [3.05, 3.63) is 96.6 Å². The van der Waals surface area contributed by atoms with Gasteiger partial charge in [-0.05, 0) is 77.0 Å². The molecule has 9 heteroatoms. The summed E-state index contributed by atoms with van der Waals surface area (Å²) in [6.45, 7) is 15.0. The summed E-state index contributed by atoms with van der Waals surface area (Å²) in [7, 11) is -1.11. The minimum atomic E-state index is -2.78. The van der Waals surface area contributed by atoms with Crippen LogP contribution in [-0.4, -0.2) is 73.7 Å². The minimum Gasteiger partial charge on any atom is -0.497 e. The zero-order valence-electron chi connectivity index (χ0n) is 32.5. The fraction of sp³-hybridized carbons (Fsp3) is 0.535. The molecule has 3 aromatic carbocycles. The van der Waals surface area contributed by atoms with Gasteiger partial charge in [0.15, 0.2) is 13.1 Å². The van der Waals surface area contributed by atoms with Crippen molar-refractivity contribution in [1.29, 1.82) is 0 Å². The van der Waals surface area contributed by atoms with Crippen LogP contribution in [0.4, 0.5) is 0 Å². The third-order valence-corrected chi connectivity index (χ3v) is 18.4. The third kappa shape index (κ3) is 7.47. The van der Waals surface area contributed by atoms with Crippen LogP contribution in [0.5, 0.6) is 11.5 Å². The normalized spacial score (nSPS) is 27.5. The maximum atomic E-state index is 13.1. The topological polar surface area (TPSA) is 75.6 Å². The second-order valence-electron chi connectivity index (χ2n) is 17.3. The standard InChI is InChI=1S/C43H60O7Si2/c1-41(2,3)52(35-16-11-9-12-17-35,36-18-13-10-14-19-36)49-27-26-42-28-32(29-47-31-48-34-24-22-33(45-4)23-25-34)43(44,30-51(6,7)8)38-21-15-20-37(42)39(38)50-40(42)46-5/h9-14,16-20,22-25,32,38-40,44H,15,21,26-31H2,1-8H3/t32-,38-,39+,40+,42-,43+/m0/s1. The van der Waals surface area contributed by atoms with Gasteiger partial charge in [0.1, 0.15) is 11.5 Å². The Morgan fingerprint density at radius 3 is 2.04 bits per heavy atom. The van der Waals surface area contributed by atoms with Gasteiger partial charge in [0.05, 0.1) is 25.4 Å². The van der Waals surface area contributed by atoms with Crippen LogP contribution in [0, 0.1) is 17.3 Å². The van der Waals surface area contributed by atoms with Crippen LogP contribution in [0.25, 0.3) is 0 Å². The van der Waals surface area contributed by atoms with Gasteiger partial charge in [0.25, 0.3) is 8.32 Å². The number of rotatable bonds is 15. The Morgan fingerprint density at radius 2 is 1.48 bits per heavy atom. The highest BCUT2D eigenvalue weighted by Gasteiger charge is 2.65. The second-order valence-corrected chi connectivity index (χ2v) is 27.1. The zero-order chi connectivity index (χ0) is 37.2. The molecule has 6 rings (SSSR count). The Labute approximate surface area is 313 Å². The van der Waals surface area contributed by atoms with Gasteiger partial charge in [-0.3, -0.25) is 0 Å². The molecule has 1 aliphatic heterocycles. The molecule has 1 saturated heterocycles. The van der Waals surface area contributed by atoms with Crippen molar-refractivity contribution in [3.63, 3.8) is 0 Å². The lowest BCUT2D eigenvalue weighted by molar-refractivity contribution is -0.216. The van der Waals surface area contributed by atoms with E-state index in [0.29, 0.717) is 31.8 Å². The fourth-order valence-corrected chi connectivity index (χ4v) is 16.5. The van der Waals surface area contributed by atoms with Crippen molar-refractivity contribution in [2.75, 3.05) is 34.2 Å². The number of aliphatic hydroxyl groups is 1. The Morgan fingerprint density at radius 1 is 0.865 bits per heavy atom. The van der Waals surface area contributed by atoms with E-state index in [9.17, 15) is 5.11 Å². The zero-order valence-corrected chi connectivity index (χ0v) is 34.5. The molecule has 0 unspecified atom stereocenters. The molecule has 1 saturated carbocycles. The number of benzene rings is 3. The van der Waals surface area contributed by atoms with Crippen LogP contribution in [-0.2, 0) is 18.6 Å². The van der Waals surface area contributed by atoms with Crippen molar-refractivity contribution in [1.82, 2.24) is 0 Å². The lowest BCUT2D eigenvalue weighted by Gasteiger charge is -2.48. The first-order valence-electron chi connectivity index (χ1n) is 19.0. The van der Waals surface area contributed by atoms with Crippen molar-refractivity contribution >= 4 is 26.8 Å². The molecular weight excluding hydrogens is 685 g/mol. The van der Waals surface area contributed by atoms with Crippen LogP contribution in [0.2, 0.25) is 30.7 Å². The molecular formula is C43H60O7Si2. The predicted octanol–water partition coefficient (Wildman–Crippen LogP) is 7.80. The smallest absolute Gasteiger partial charge is 0.261 e. The summed E-state index contributed by atoms with van der Waals surface area (Å²) in [4.78, 5) is 0. The molecule has 282 valence electrons. The van der Waals surface area contributed by atoms with Crippen LogP contribution < -0.4 is 19.8 Å². The molecule has 0 spiro atoms. The third-order valence-electron chi connectivity index (χ3n) is 11.8. The van der Waals surface area contributed by atoms with Crippen molar-refractivity contribution < 1.29 is 33.2 Å². The Bertz CT molecular complexity index is 1600. The molecule has 1 N–H and O–H groups in total. The largest absolute Gasteiger partial charge is 0.497 e. The molecule has 1 heterocycles. The molecule has 3 aromatic rings. The molecule has 3 aliphatic rings. The number of ether oxygens (including phenoxy) is 5. The number of hydrogen-bond acceptors (Lipinski definition) is 7. The van der Waals surface area contributed by atoms with Gasteiger partial charge >= 0.3 is 0 Å². The van der Waals surface area contributed by atoms with Gasteiger partial charge in [-0.2, -0.15) is 0 Å². The van der Waals surface area contributed by atoms with Crippen LogP contribution >= 0.6 is 0 Å². The first-order chi connectivity index (χ1) is 24.8. The number of hydrogen-bond donors (Lipinski definition) is 1. The number of methoxy groups -OCH3 is 2. The Kier molecular flexibility index (Phi) is 11.6. The van der Waals surface area contributed by atoms with E-state index in [1.807, 2.05) is 24.3 Å². The summed E-state index contributed by atoms with van der Waals surface area (Å²) >= 11 is 0. The van der Waals surface area contributed by atoms with Gasteiger partial charge in [0.2, 0.25) is 0 Å². The summed E-state index contributed by atoms with van der Waals surface area (Å²) in [5.74, 6) is 1.29. The maximum Gasteiger partial charge on any atom is 0.261 e. The predicted molar refractivity (Wildman–Crippen MR) is 213 cm³/mol. The molecule has 2 aliphatic carbocycles. The first-order valence-corrected chi connectivity index (χ1v) is 24.6. The maximum absolute atomic E-state index is 13.1. The van der Waals surface area contributed by atoms with E-state index in [0.717, 1.165) is 24.6 Å². The van der Waals surface area contributed by atoms with Gasteiger partial charge in [-0.25, -0.2) is 0 Å². The van der Waals surface area contributed by atoms with Crippen LogP contribution in [0.15, 0.2) is 96.6 Å². The Hall–Kier alpha value is -2.77. The average Bonchev–Trinajstić information content (AvgIpc) is 3.42. The van der Waals surface area contributed by atoms with Crippen molar-refractivity contribution in [2.45, 2.75) is 95.2 Å². The van der Waals surface area contributed by atoms with Crippen molar-refractivity contribution in [2.24, 2.45) is 17.3 Å². The van der Waals surface area contributed by atoms with Crippen LogP contribution in [0.1, 0.15) is 46.5 Å².